The van der Waals surface area contributed by atoms with E-state index in [-0.39, 0.29) is 11.7 Å². The highest BCUT2D eigenvalue weighted by Crippen LogP contribution is 2.24. The normalized spacial score (nSPS) is 14.4. The van der Waals surface area contributed by atoms with Crippen molar-refractivity contribution in [1.82, 2.24) is 19.7 Å². The van der Waals surface area contributed by atoms with Crippen LogP contribution < -0.4 is 5.32 Å². The third kappa shape index (κ3) is 6.48. The van der Waals surface area contributed by atoms with E-state index in [0.29, 0.717) is 22.3 Å². The van der Waals surface area contributed by atoms with Crippen LogP contribution in [0.25, 0.3) is 0 Å². The molecule has 4 rings (SSSR count). The second-order valence-corrected chi connectivity index (χ2v) is 9.62. The smallest absolute Gasteiger partial charge is 0.234 e. The molecule has 1 fully saturated rings. The number of carbonyl (C=O) groups excluding carboxylic acids is 1. The second kappa shape index (κ2) is 11.2. The molecular formula is C23H25Cl2N5OS. The summed E-state index contributed by atoms with van der Waals surface area (Å²) in [6, 6.07) is 15.2. The van der Waals surface area contributed by atoms with Crippen LogP contribution in [0.1, 0.15) is 30.7 Å². The molecule has 1 aliphatic heterocycles. The van der Waals surface area contributed by atoms with Crippen LogP contribution in [-0.4, -0.2) is 44.4 Å². The predicted molar refractivity (Wildman–Crippen MR) is 131 cm³/mol. The summed E-state index contributed by atoms with van der Waals surface area (Å²) in [6.07, 6.45) is 3.74. The number of nitrogens with one attached hydrogen (secondary N) is 1. The molecule has 9 heteroatoms. The van der Waals surface area contributed by atoms with Crippen molar-refractivity contribution >= 4 is 46.6 Å². The molecule has 0 bridgehead atoms. The van der Waals surface area contributed by atoms with Gasteiger partial charge in [0.05, 0.1) is 18.8 Å². The van der Waals surface area contributed by atoms with Gasteiger partial charge in [-0.3, -0.25) is 9.69 Å². The predicted octanol–water partition coefficient (Wildman–Crippen LogP) is 5.35. The number of anilines is 1. The molecule has 32 heavy (non-hydrogen) atoms. The van der Waals surface area contributed by atoms with Gasteiger partial charge in [-0.05, 0) is 49.7 Å². The van der Waals surface area contributed by atoms with Crippen molar-refractivity contribution in [3.05, 3.63) is 70.0 Å². The number of halogens is 2. The van der Waals surface area contributed by atoms with Gasteiger partial charge in [0.2, 0.25) is 5.91 Å². The molecule has 6 nitrogen and oxygen atoms in total. The van der Waals surface area contributed by atoms with E-state index in [0.717, 1.165) is 30.6 Å². The molecule has 168 valence electrons. The van der Waals surface area contributed by atoms with E-state index >= 15 is 0 Å². The highest BCUT2D eigenvalue weighted by atomic mass is 35.5. The van der Waals surface area contributed by atoms with Gasteiger partial charge in [-0.25, -0.2) is 0 Å². The van der Waals surface area contributed by atoms with E-state index in [9.17, 15) is 4.79 Å². The molecule has 0 aliphatic carbocycles. The minimum Gasteiger partial charge on any atom is -0.325 e. The first-order valence-corrected chi connectivity index (χ1v) is 12.4. The number of hydrogen-bond donors (Lipinski definition) is 1. The van der Waals surface area contributed by atoms with Crippen LogP contribution in [0, 0.1) is 0 Å². The molecule has 1 N–H and O–H groups in total. The van der Waals surface area contributed by atoms with Crippen LogP contribution in [0.15, 0.2) is 53.7 Å². The van der Waals surface area contributed by atoms with E-state index in [1.807, 2.05) is 18.2 Å². The van der Waals surface area contributed by atoms with E-state index in [2.05, 4.69) is 37.1 Å². The van der Waals surface area contributed by atoms with Gasteiger partial charge < -0.3 is 9.88 Å². The molecule has 0 unspecified atom stereocenters. The number of hydrogen-bond acceptors (Lipinski definition) is 5. The summed E-state index contributed by atoms with van der Waals surface area (Å²) in [7, 11) is 0. The SMILES string of the molecule is O=C(CSc1nnc(CN2CCCCC2)n1Cc1ccccc1)Nc1cc(Cl)cc(Cl)c1. The Hall–Kier alpha value is -2.06. The van der Waals surface area contributed by atoms with Crippen LogP contribution in [0.5, 0.6) is 0 Å². The number of amides is 1. The van der Waals surface area contributed by atoms with Gasteiger partial charge in [-0.1, -0.05) is 71.7 Å². The van der Waals surface area contributed by atoms with Crippen LogP contribution in [0.2, 0.25) is 10.0 Å². The number of piperidine rings is 1. The molecule has 0 spiro atoms. The summed E-state index contributed by atoms with van der Waals surface area (Å²) >= 11 is 13.4. The Morgan fingerprint density at radius 2 is 1.69 bits per heavy atom. The Morgan fingerprint density at radius 1 is 0.969 bits per heavy atom. The van der Waals surface area contributed by atoms with E-state index in [1.165, 1.54) is 36.6 Å². The molecular weight excluding hydrogens is 465 g/mol. The lowest BCUT2D eigenvalue weighted by molar-refractivity contribution is -0.113. The highest BCUT2D eigenvalue weighted by molar-refractivity contribution is 7.99. The van der Waals surface area contributed by atoms with Crippen molar-refractivity contribution in [1.29, 1.82) is 0 Å². The molecule has 2 aromatic carbocycles. The molecule has 0 radical (unpaired) electrons. The minimum atomic E-state index is -0.153. The molecule has 0 atom stereocenters. The van der Waals surface area contributed by atoms with Crippen molar-refractivity contribution < 1.29 is 4.79 Å². The summed E-state index contributed by atoms with van der Waals surface area (Å²) in [5.41, 5.74) is 1.75. The number of carbonyl (C=O) groups is 1. The summed E-state index contributed by atoms with van der Waals surface area (Å²) in [5, 5.41) is 13.4. The van der Waals surface area contributed by atoms with Crippen molar-refractivity contribution in [3.8, 4) is 0 Å². The first-order valence-electron chi connectivity index (χ1n) is 10.6. The van der Waals surface area contributed by atoms with E-state index in [4.69, 9.17) is 23.2 Å². The van der Waals surface area contributed by atoms with Gasteiger partial charge in [-0.15, -0.1) is 10.2 Å². The maximum atomic E-state index is 12.5. The maximum absolute atomic E-state index is 12.5. The highest BCUT2D eigenvalue weighted by Gasteiger charge is 2.19. The van der Waals surface area contributed by atoms with Crippen LogP contribution in [0.4, 0.5) is 5.69 Å². The largest absolute Gasteiger partial charge is 0.325 e. The minimum absolute atomic E-state index is 0.153. The Balaban J connectivity index is 1.46. The Bertz CT molecular complexity index is 1030. The summed E-state index contributed by atoms with van der Waals surface area (Å²) in [6.45, 7) is 3.62. The zero-order chi connectivity index (χ0) is 22.3. The molecule has 1 aromatic heterocycles. The van der Waals surface area contributed by atoms with E-state index < -0.39 is 0 Å². The Morgan fingerprint density at radius 3 is 2.41 bits per heavy atom. The van der Waals surface area contributed by atoms with Gasteiger partial charge in [0.15, 0.2) is 5.16 Å². The van der Waals surface area contributed by atoms with Crippen molar-refractivity contribution in [2.45, 2.75) is 37.5 Å². The lowest BCUT2D eigenvalue weighted by Gasteiger charge is -2.26. The summed E-state index contributed by atoms with van der Waals surface area (Å²) in [5.74, 6) is 0.987. The van der Waals surface area contributed by atoms with Crippen LogP contribution in [0.3, 0.4) is 0 Å². The number of likely N-dealkylation sites (tertiary alicyclic amines) is 1. The summed E-state index contributed by atoms with van der Waals surface area (Å²) in [4.78, 5) is 14.9. The molecule has 0 saturated carbocycles. The zero-order valence-corrected chi connectivity index (χ0v) is 20.0. The molecule has 1 saturated heterocycles. The Kier molecular flexibility index (Phi) is 8.08. The first kappa shape index (κ1) is 23.1. The topological polar surface area (TPSA) is 63.1 Å². The lowest BCUT2D eigenvalue weighted by Crippen LogP contribution is -2.30. The molecule has 1 aliphatic rings. The fourth-order valence-electron chi connectivity index (χ4n) is 3.74. The number of thioether (sulfide) groups is 1. The van der Waals surface area contributed by atoms with Crippen LogP contribution in [-0.2, 0) is 17.9 Å². The lowest BCUT2D eigenvalue weighted by atomic mass is 10.1. The number of benzene rings is 2. The van der Waals surface area contributed by atoms with Gasteiger partial charge >= 0.3 is 0 Å². The zero-order valence-electron chi connectivity index (χ0n) is 17.6. The fourth-order valence-corrected chi connectivity index (χ4v) is 5.02. The number of nitrogens with zero attached hydrogens (tertiary/aromatic N) is 4. The average molecular weight is 490 g/mol. The monoisotopic (exact) mass is 489 g/mol. The van der Waals surface area contributed by atoms with Crippen LogP contribution >= 0.6 is 35.0 Å². The maximum Gasteiger partial charge on any atom is 0.234 e. The van der Waals surface area contributed by atoms with Gasteiger partial charge in [0, 0.05) is 15.7 Å². The third-order valence-electron chi connectivity index (χ3n) is 5.27. The fraction of sp³-hybridized carbons (Fsp3) is 0.348. The molecule has 3 aromatic rings. The van der Waals surface area contributed by atoms with E-state index in [1.54, 1.807) is 18.2 Å². The third-order valence-corrected chi connectivity index (χ3v) is 6.67. The van der Waals surface area contributed by atoms with Gasteiger partial charge in [0.1, 0.15) is 5.82 Å². The summed E-state index contributed by atoms with van der Waals surface area (Å²) < 4.78 is 2.12. The molecule has 1 amide bonds. The first-order chi connectivity index (χ1) is 15.6. The second-order valence-electron chi connectivity index (χ2n) is 7.80. The quantitative estimate of drug-likeness (QED) is 0.432. The standard InChI is InChI=1S/C23H25Cl2N5OS/c24-18-11-19(25)13-20(12-18)26-22(31)16-32-23-28-27-21(15-29-9-5-2-6-10-29)30(23)14-17-7-3-1-4-8-17/h1,3-4,7-8,11-13H,2,5-6,9-10,14-16H2,(H,26,31). The van der Waals surface area contributed by atoms with Crippen molar-refractivity contribution in [2.24, 2.45) is 0 Å². The van der Waals surface area contributed by atoms with Crippen molar-refractivity contribution in [2.75, 3.05) is 24.2 Å². The molecule has 2 heterocycles. The Labute approximate surface area is 202 Å². The van der Waals surface area contributed by atoms with Gasteiger partial charge in [0.25, 0.3) is 0 Å². The average Bonchev–Trinajstić information content (AvgIpc) is 3.14. The number of rotatable bonds is 8. The van der Waals surface area contributed by atoms with Crippen molar-refractivity contribution in [3.63, 3.8) is 0 Å². The number of aromatic nitrogens is 3. The van der Waals surface area contributed by atoms with Gasteiger partial charge in [-0.2, -0.15) is 0 Å².